The number of benzene rings is 1. The number of nitrogens with zero attached hydrogens (tertiary/aromatic N) is 2. The molecule has 0 atom stereocenters. The van der Waals surface area contributed by atoms with Crippen molar-refractivity contribution in [3.63, 3.8) is 0 Å². The highest BCUT2D eigenvalue weighted by molar-refractivity contribution is 9.10. The second-order valence-corrected chi connectivity index (χ2v) is 6.40. The molecular formula is C16H22BrN3O. The topological polar surface area (TPSA) is 35.6 Å². The molecule has 0 spiro atoms. The Labute approximate surface area is 134 Å². The quantitative estimate of drug-likeness (QED) is 0.907. The highest BCUT2D eigenvalue weighted by Gasteiger charge is 2.23. The largest absolute Gasteiger partial charge is 0.325 e. The molecule has 1 N–H and O–H groups in total. The zero-order chi connectivity index (χ0) is 15.2. The smallest absolute Gasteiger partial charge is 0.321 e. The summed E-state index contributed by atoms with van der Waals surface area (Å²) in [5.74, 6) is 0. The lowest BCUT2D eigenvalue weighted by atomic mass is 10.0. The summed E-state index contributed by atoms with van der Waals surface area (Å²) in [7, 11) is 4.00. The summed E-state index contributed by atoms with van der Waals surface area (Å²) in [6, 6.07) is 8.24. The summed E-state index contributed by atoms with van der Waals surface area (Å²) < 4.78 is 1.05. The molecule has 1 saturated heterocycles. The summed E-state index contributed by atoms with van der Waals surface area (Å²) in [6.07, 6.45) is 5.68. The standard InChI is InChI=1S/C16H22BrN3O/c1-19-11-8-15(9-12-19)20(2)16(21)18-10-7-13-3-5-14(17)6-4-13/h3-7,10,15H,8-9,11-12H2,1-2H3,(H,18,21)/b10-7+. The summed E-state index contributed by atoms with van der Waals surface area (Å²) >= 11 is 3.40. The van der Waals surface area contributed by atoms with Gasteiger partial charge in [0.05, 0.1) is 0 Å². The highest BCUT2D eigenvalue weighted by Crippen LogP contribution is 2.14. The van der Waals surface area contributed by atoms with Gasteiger partial charge < -0.3 is 15.1 Å². The molecule has 1 heterocycles. The Hall–Kier alpha value is -1.33. The van der Waals surface area contributed by atoms with Crippen molar-refractivity contribution in [3.8, 4) is 0 Å². The van der Waals surface area contributed by atoms with E-state index in [1.54, 1.807) is 6.20 Å². The van der Waals surface area contributed by atoms with Gasteiger partial charge in [-0.05, 0) is 56.8 Å². The Morgan fingerprint density at radius 1 is 1.33 bits per heavy atom. The van der Waals surface area contributed by atoms with Crippen LogP contribution in [0.2, 0.25) is 0 Å². The van der Waals surface area contributed by atoms with Gasteiger partial charge in [0.15, 0.2) is 0 Å². The van der Waals surface area contributed by atoms with Crippen molar-refractivity contribution in [2.75, 3.05) is 27.2 Å². The van der Waals surface area contributed by atoms with Crippen molar-refractivity contribution in [3.05, 3.63) is 40.5 Å². The minimum Gasteiger partial charge on any atom is -0.325 e. The number of urea groups is 1. The Bertz CT molecular complexity index is 493. The van der Waals surface area contributed by atoms with Crippen LogP contribution in [0, 0.1) is 0 Å². The summed E-state index contributed by atoms with van der Waals surface area (Å²) in [5, 5.41) is 2.84. The van der Waals surface area contributed by atoms with Crippen molar-refractivity contribution in [2.24, 2.45) is 0 Å². The first-order valence-corrected chi connectivity index (χ1v) is 7.99. The van der Waals surface area contributed by atoms with Gasteiger partial charge in [-0.15, -0.1) is 0 Å². The highest BCUT2D eigenvalue weighted by atomic mass is 79.9. The molecule has 0 bridgehead atoms. The van der Waals surface area contributed by atoms with E-state index < -0.39 is 0 Å². The van der Waals surface area contributed by atoms with Crippen LogP contribution in [0.3, 0.4) is 0 Å². The molecular weight excluding hydrogens is 330 g/mol. The van der Waals surface area contributed by atoms with Gasteiger partial charge in [0.2, 0.25) is 0 Å². The van der Waals surface area contributed by atoms with E-state index in [0.29, 0.717) is 6.04 Å². The average molecular weight is 352 g/mol. The number of rotatable bonds is 3. The van der Waals surface area contributed by atoms with Crippen LogP contribution < -0.4 is 5.32 Å². The number of halogens is 1. The summed E-state index contributed by atoms with van der Waals surface area (Å²) in [4.78, 5) is 16.2. The number of carbonyl (C=O) groups excluding carboxylic acids is 1. The molecule has 2 rings (SSSR count). The minimum absolute atomic E-state index is 0.0436. The fourth-order valence-corrected chi connectivity index (χ4v) is 2.70. The third kappa shape index (κ3) is 4.86. The van der Waals surface area contributed by atoms with Gasteiger partial charge in [0.1, 0.15) is 0 Å². The predicted molar refractivity (Wildman–Crippen MR) is 90.0 cm³/mol. The Balaban J connectivity index is 1.82. The number of hydrogen-bond acceptors (Lipinski definition) is 2. The van der Waals surface area contributed by atoms with Crippen LogP contribution in [0.5, 0.6) is 0 Å². The van der Waals surface area contributed by atoms with Crippen molar-refractivity contribution in [1.29, 1.82) is 0 Å². The van der Waals surface area contributed by atoms with Crippen LogP contribution in [0.15, 0.2) is 34.9 Å². The SMILES string of the molecule is CN1CCC(N(C)C(=O)N/C=C/c2ccc(Br)cc2)CC1. The van der Waals surface area contributed by atoms with Gasteiger partial charge in [-0.2, -0.15) is 0 Å². The van der Waals surface area contributed by atoms with E-state index in [-0.39, 0.29) is 6.03 Å². The van der Waals surface area contributed by atoms with Gasteiger partial charge >= 0.3 is 6.03 Å². The molecule has 0 unspecified atom stereocenters. The molecule has 0 aromatic heterocycles. The summed E-state index contributed by atoms with van der Waals surface area (Å²) in [6.45, 7) is 2.11. The molecule has 1 aromatic carbocycles. The van der Waals surface area contributed by atoms with E-state index in [0.717, 1.165) is 36.0 Å². The van der Waals surface area contributed by atoms with Crippen LogP contribution in [0.1, 0.15) is 18.4 Å². The number of piperidine rings is 1. The third-order valence-corrected chi connectivity index (χ3v) is 4.44. The Kier molecular flexibility index (Phi) is 5.82. The Morgan fingerprint density at radius 3 is 2.57 bits per heavy atom. The number of hydrogen-bond donors (Lipinski definition) is 1. The van der Waals surface area contributed by atoms with E-state index >= 15 is 0 Å². The zero-order valence-electron chi connectivity index (χ0n) is 12.6. The molecule has 0 aliphatic carbocycles. The molecule has 21 heavy (non-hydrogen) atoms. The Morgan fingerprint density at radius 2 is 1.95 bits per heavy atom. The fourth-order valence-electron chi connectivity index (χ4n) is 2.43. The monoisotopic (exact) mass is 351 g/mol. The molecule has 0 radical (unpaired) electrons. The lowest BCUT2D eigenvalue weighted by Gasteiger charge is -2.34. The van der Waals surface area contributed by atoms with Gasteiger partial charge in [-0.3, -0.25) is 0 Å². The zero-order valence-corrected chi connectivity index (χ0v) is 14.1. The van der Waals surface area contributed by atoms with Crippen LogP contribution in [0.25, 0.3) is 6.08 Å². The summed E-state index contributed by atoms with van der Waals surface area (Å²) in [5.41, 5.74) is 1.06. The predicted octanol–water partition coefficient (Wildman–Crippen LogP) is 3.16. The molecule has 1 aromatic rings. The lowest BCUT2D eigenvalue weighted by Crippen LogP contribution is -2.47. The molecule has 2 amide bonds. The van der Waals surface area contributed by atoms with E-state index in [2.05, 4.69) is 33.2 Å². The van der Waals surface area contributed by atoms with Gasteiger partial charge in [0, 0.05) is 23.8 Å². The minimum atomic E-state index is -0.0436. The van der Waals surface area contributed by atoms with Gasteiger partial charge in [-0.25, -0.2) is 4.79 Å². The van der Waals surface area contributed by atoms with Crippen molar-refractivity contribution in [2.45, 2.75) is 18.9 Å². The van der Waals surface area contributed by atoms with Crippen LogP contribution in [-0.2, 0) is 0 Å². The van der Waals surface area contributed by atoms with Crippen molar-refractivity contribution < 1.29 is 4.79 Å². The van der Waals surface area contributed by atoms with Crippen LogP contribution in [0.4, 0.5) is 4.79 Å². The molecule has 0 saturated carbocycles. The van der Waals surface area contributed by atoms with E-state index in [1.807, 2.05) is 42.3 Å². The number of carbonyl (C=O) groups is 1. The maximum atomic E-state index is 12.1. The van der Waals surface area contributed by atoms with Gasteiger partial charge in [-0.1, -0.05) is 28.1 Å². The maximum Gasteiger partial charge on any atom is 0.321 e. The first kappa shape index (κ1) is 16.0. The lowest BCUT2D eigenvalue weighted by molar-refractivity contribution is 0.150. The molecule has 4 nitrogen and oxygen atoms in total. The number of likely N-dealkylation sites (tertiary alicyclic amines) is 1. The van der Waals surface area contributed by atoms with Gasteiger partial charge in [0.25, 0.3) is 0 Å². The van der Waals surface area contributed by atoms with Crippen LogP contribution >= 0.6 is 15.9 Å². The number of amides is 2. The fraction of sp³-hybridized carbons (Fsp3) is 0.438. The van der Waals surface area contributed by atoms with Crippen molar-refractivity contribution >= 4 is 28.0 Å². The number of nitrogens with one attached hydrogen (secondary N) is 1. The van der Waals surface area contributed by atoms with Crippen LogP contribution in [-0.4, -0.2) is 49.1 Å². The third-order valence-electron chi connectivity index (χ3n) is 3.91. The van der Waals surface area contributed by atoms with E-state index in [4.69, 9.17) is 0 Å². The van der Waals surface area contributed by atoms with E-state index in [9.17, 15) is 4.79 Å². The molecule has 1 aliphatic rings. The first-order chi connectivity index (χ1) is 10.1. The molecule has 5 heteroatoms. The van der Waals surface area contributed by atoms with E-state index in [1.165, 1.54) is 0 Å². The molecule has 1 aliphatic heterocycles. The normalized spacial score (nSPS) is 17.1. The molecule has 114 valence electrons. The maximum absolute atomic E-state index is 12.1. The van der Waals surface area contributed by atoms with Crippen molar-refractivity contribution in [1.82, 2.24) is 15.1 Å². The average Bonchev–Trinajstić information content (AvgIpc) is 2.49. The second kappa shape index (κ2) is 7.61. The molecule has 1 fully saturated rings. The second-order valence-electron chi connectivity index (χ2n) is 5.48. The first-order valence-electron chi connectivity index (χ1n) is 7.20.